The van der Waals surface area contributed by atoms with Crippen LogP contribution in [0.1, 0.15) is 37.0 Å². The zero-order chi connectivity index (χ0) is 22.2. The quantitative estimate of drug-likeness (QED) is 0.640. The van der Waals surface area contributed by atoms with E-state index in [2.05, 4.69) is 15.3 Å². The minimum Gasteiger partial charge on any atom is -0.475 e. The van der Waals surface area contributed by atoms with Crippen molar-refractivity contribution in [3.63, 3.8) is 0 Å². The zero-order valence-electron chi connectivity index (χ0n) is 18.0. The highest BCUT2D eigenvalue weighted by atomic mass is 16.5. The van der Waals surface area contributed by atoms with Gasteiger partial charge >= 0.3 is 0 Å². The van der Waals surface area contributed by atoms with Crippen LogP contribution >= 0.6 is 0 Å². The molecule has 31 heavy (non-hydrogen) atoms. The van der Waals surface area contributed by atoms with Gasteiger partial charge in [-0.25, -0.2) is 4.98 Å². The van der Waals surface area contributed by atoms with Gasteiger partial charge in [-0.1, -0.05) is 13.8 Å². The zero-order valence-corrected chi connectivity index (χ0v) is 18.0. The molecule has 2 amide bonds. The maximum absolute atomic E-state index is 12.5. The van der Waals surface area contributed by atoms with Crippen LogP contribution in [-0.2, 0) is 14.3 Å². The molecule has 3 heterocycles. The van der Waals surface area contributed by atoms with Crippen LogP contribution in [0.2, 0.25) is 0 Å². The number of carbonyl (C=O) groups is 2. The second-order valence-corrected chi connectivity index (χ2v) is 7.57. The van der Waals surface area contributed by atoms with E-state index < -0.39 is 0 Å². The SMILES string of the molecule is Cc1cc(OCC2CN(C(=O)CNC(=O)/C=C\c3ccco3)CCO2)nc(C(C)C)n1. The largest absolute Gasteiger partial charge is 0.475 e. The number of carbonyl (C=O) groups excluding carboxylic acids is 2. The second-order valence-electron chi connectivity index (χ2n) is 7.57. The van der Waals surface area contributed by atoms with Crippen molar-refractivity contribution in [1.29, 1.82) is 0 Å². The number of amides is 2. The van der Waals surface area contributed by atoms with E-state index in [0.29, 0.717) is 31.3 Å². The molecule has 3 rings (SSSR count). The van der Waals surface area contributed by atoms with Crippen molar-refractivity contribution in [2.24, 2.45) is 0 Å². The summed E-state index contributed by atoms with van der Waals surface area (Å²) >= 11 is 0. The van der Waals surface area contributed by atoms with E-state index in [4.69, 9.17) is 13.9 Å². The van der Waals surface area contributed by atoms with E-state index in [1.165, 1.54) is 12.3 Å². The third-order valence-corrected chi connectivity index (χ3v) is 4.63. The van der Waals surface area contributed by atoms with Crippen molar-refractivity contribution in [3.8, 4) is 5.88 Å². The normalized spacial score (nSPS) is 16.6. The number of ether oxygens (including phenoxy) is 2. The van der Waals surface area contributed by atoms with Gasteiger partial charge in [0.05, 0.1) is 26.0 Å². The van der Waals surface area contributed by atoms with Gasteiger partial charge in [0.1, 0.15) is 24.3 Å². The number of nitrogens with zero attached hydrogens (tertiary/aromatic N) is 3. The molecule has 1 N–H and O–H groups in total. The van der Waals surface area contributed by atoms with Gasteiger partial charge in [0.25, 0.3) is 0 Å². The van der Waals surface area contributed by atoms with Crippen LogP contribution in [0.15, 0.2) is 35.0 Å². The lowest BCUT2D eigenvalue weighted by atomic mass is 10.2. The highest BCUT2D eigenvalue weighted by Crippen LogP contribution is 2.16. The summed E-state index contributed by atoms with van der Waals surface area (Å²) in [5.41, 5.74) is 0.840. The molecule has 1 unspecified atom stereocenters. The summed E-state index contributed by atoms with van der Waals surface area (Å²) in [5, 5.41) is 2.59. The summed E-state index contributed by atoms with van der Waals surface area (Å²) in [7, 11) is 0. The molecule has 2 aromatic heterocycles. The first-order valence-corrected chi connectivity index (χ1v) is 10.3. The van der Waals surface area contributed by atoms with Crippen LogP contribution in [0, 0.1) is 6.92 Å². The Balaban J connectivity index is 1.45. The molecule has 0 saturated carbocycles. The molecule has 1 aliphatic rings. The number of morpholine rings is 1. The van der Waals surface area contributed by atoms with Crippen LogP contribution in [0.3, 0.4) is 0 Å². The van der Waals surface area contributed by atoms with E-state index in [9.17, 15) is 9.59 Å². The molecular formula is C22H28N4O5. The number of rotatable bonds is 8. The molecular weight excluding hydrogens is 400 g/mol. The van der Waals surface area contributed by atoms with E-state index in [1.54, 1.807) is 29.2 Å². The molecule has 2 aromatic rings. The maximum atomic E-state index is 12.5. The van der Waals surface area contributed by atoms with Crippen molar-refractivity contribution in [2.45, 2.75) is 32.8 Å². The van der Waals surface area contributed by atoms with E-state index >= 15 is 0 Å². The Morgan fingerprint density at radius 3 is 2.97 bits per heavy atom. The second kappa shape index (κ2) is 10.7. The summed E-state index contributed by atoms with van der Waals surface area (Å²) in [6.07, 6.45) is 4.12. The van der Waals surface area contributed by atoms with Gasteiger partial charge in [-0.2, -0.15) is 4.98 Å². The molecule has 0 bridgehead atoms. The molecule has 1 saturated heterocycles. The number of furan rings is 1. The molecule has 0 aliphatic carbocycles. The fraction of sp³-hybridized carbons (Fsp3) is 0.455. The van der Waals surface area contributed by atoms with Gasteiger partial charge in [-0.05, 0) is 25.1 Å². The summed E-state index contributed by atoms with van der Waals surface area (Å²) in [5.74, 6) is 1.46. The topological polar surface area (TPSA) is 107 Å². The molecule has 0 spiro atoms. The average Bonchev–Trinajstić information content (AvgIpc) is 3.28. The molecule has 0 aromatic carbocycles. The van der Waals surface area contributed by atoms with Crippen LogP contribution in [-0.4, -0.2) is 65.6 Å². The van der Waals surface area contributed by atoms with E-state index in [1.807, 2.05) is 20.8 Å². The lowest BCUT2D eigenvalue weighted by Gasteiger charge is -2.32. The van der Waals surface area contributed by atoms with Crippen molar-refractivity contribution in [2.75, 3.05) is 32.8 Å². The van der Waals surface area contributed by atoms with Gasteiger partial charge in [-0.3, -0.25) is 9.59 Å². The lowest BCUT2D eigenvalue weighted by Crippen LogP contribution is -2.50. The van der Waals surface area contributed by atoms with Crippen molar-refractivity contribution in [1.82, 2.24) is 20.2 Å². The molecule has 1 atom stereocenters. The molecule has 9 nitrogen and oxygen atoms in total. The fourth-order valence-corrected chi connectivity index (χ4v) is 3.00. The van der Waals surface area contributed by atoms with Gasteiger partial charge in [0.2, 0.25) is 17.7 Å². The first-order valence-electron chi connectivity index (χ1n) is 10.3. The van der Waals surface area contributed by atoms with Gasteiger partial charge in [0.15, 0.2) is 0 Å². The Hall–Kier alpha value is -3.20. The minimum atomic E-state index is -0.363. The summed E-state index contributed by atoms with van der Waals surface area (Å²) in [4.78, 5) is 34.9. The monoisotopic (exact) mass is 428 g/mol. The predicted molar refractivity (Wildman–Crippen MR) is 113 cm³/mol. The third kappa shape index (κ3) is 6.92. The maximum Gasteiger partial charge on any atom is 0.244 e. The predicted octanol–water partition coefficient (Wildman–Crippen LogP) is 1.94. The fourth-order valence-electron chi connectivity index (χ4n) is 3.00. The Kier molecular flexibility index (Phi) is 7.77. The molecule has 1 fully saturated rings. The number of aryl methyl sites for hydroxylation is 1. The standard InChI is InChI=1S/C22H28N4O5/c1-15(2)22-24-16(3)11-20(25-22)31-14-18-13-26(8-10-30-18)21(28)12-23-19(27)7-6-17-5-4-9-29-17/h4-7,9,11,15,18H,8,10,12-14H2,1-3H3,(H,23,27)/b7-6-. The summed E-state index contributed by atoms with van der Waals surface area (Å²) in [6, 6.07) is 5.25. The number of nitrogens with one attached hydrogen (secondary N) is 1. The number of hydrogen-bond donors (Lipinski definition) is 1. The smallest absolute Gasteiger partial charge is 0.244 e. The van der Waals surface area contributed by atoms with Gasteiger partial charge in [-0.15, -0.1) is 0 Å². The van der Waals surface area contributed by atoms with Crippen LogP contribution in [0.4, 0.5) is 0 Å². The molecule has 1 aliphatic heterocycles. The highest BCUT2D eigenvalue weighted by molar-refractivity contribution is 5.94. The highest BCUT2D eigenvalue weighted by Gasteiger charge is 2.25. The Morgan fingerprint density at radius 2 is 2.23 bits per heavy atom. The van der Waals surface area contributed by atoms with Gasteiger partial charge in [0, 0.05) is 30.3 Å². The van der Waals surface area contributed by atoms with Crippen LogP contribution in [0.25, 0.3) is 6.08 Å². The number of aromatic nitrogens is 2. The van der Waals surface area contributed by atoms with Gasteiger partial charge < -0.3 is 24.1 Å². The average molecular weight is 428 g/mol. The summed E-state index contributed by atoms with van der Waals surface area (Å²) < 4.78 is 16.7. The van der Waals surface area contributed by atoms with Crippen molar-refractivity contribution in [3.05, 3.63) is 47.8 Å². The van der Waals surface area contributed by atoms with Crippen molar-refractivity contribution < 1.29 is 23.5 Å². The Morgan fingerprint density at radius 1 is 1.39 bits per heavy atom. The Labute approximate surface area is 181 Å². The summed E-state index contributed by atoms with van der Waals surface area (Å²) in [6.45, 7) is 7.40. The Bertz CT molecular complexity index is 911. The third-order valence-electron chi connectivity index (χ3n) is 4.63. The first-order chi connectivity index (χ1) is 14.9. The molecule has 9 heteroatoms. The lowest BCUT2D eigenvalue weighted by molar-refractivity contribution is -0.140. The van der Waals surface area contributed by atoms with Crippen LogP contribution < -0.4 is 10.1 Å². The van der Waals surface area contributed by atoms with E-state index in [0.717, 1.165) is 11.5 Å². The number of hydrogen-bond acceptors (Lipinski definition) is 7. The molecule has 0 radical (unpaired) electrons. The van der Waals surface area contributed by atoms with Crippen molar-refractivity contribution >= 4 is 17.9 Å². The minimum absolute atomic E-state index is 0.0856. The molecule has 166 valence electrons. The van der Waals surface area contributed by atoms with E-state index in [-0.39, 0.29) is 37.0 Å². The first kappa shape index (κ1) is 22.5. The van der Waals surface area contributed by atoms with Crippen LogP contribution in [0.5, 0.6) is 5.88 Å².